The SMILES string of the molecule is NS(=O)(=O)c1cc(C(F)F)cnc1Br. The van der Waals surface area contributed by atoms with Crippen molar-refractivity contribution in [3.05, 3.63) is 22.4 Å². The highest BCUT2D eigenvalue weighted by molar-refractivity contribution is 9.10. The molecule has 78 valence electrons. The molecule has 0 aliphatic carbocycles. The van der Waals surface area contributed by atoms with Gasteiger partial charge in [0.15, 0.2) is 0 Å². The van der Waals surface area contributed by atoms with E-state index in [1.807, 2.05) is 0 Å². The zero-order valence-electron chi connectivity index (χ0n) is 6.62. The van der Waals surface area contributed by atoms with E-state index in [-0.39, 0.29) is 4.60 Å². The maximum Gasteiger partial charge on any atom is 0.265 e. The van der Waals surface area contributed by atoms with Crippen LogP contribution in [0.5, 0.6) is 0 Å². The summed E-state index contributed by atoms with van der Waals surface area (Å²) in [5.41, 5.74) is -0.489. The van der Waals surface area contributed by atoms with E-state index in [0.717, 1.165) is 12.3 Å². The second-order valence-corrected chi connectivity index (χ2v) is 4.68. The predicted molar refractivity (Wildman–Crippen MR) is 48.3 cm³/mol. The van der Waals surface area contributed by atoms with Gasteiger partial charge in [-0.15, -0.1) is 0 Å². The summed E-state index contributed by atoms with van der Waals surface area (Å²) >= 11 is 2.80. The van der Waals surface area contributed by atoms with Gasteiger partial charge in [-0.25, -0.2) is 27.3 Å². The number of nitrogens with zero attached hydrogens (tertiary/aromatic N) is 1. The van der Waals surface area contributed by atoms with Crippen LogP contribution in [0.3, 0.4) is 0 Å². The molecule has 0 aliphatic heterocycles. The van der Waals surface area contributed by atoms with Crippen LogP contribution in [0.1, 0.15) is 12.0 Å². The molecule has 0 bridgehead atoms. The molecule has 0 amide bonds. The predicted octanol–water partition coefficient (Wildman–Crippen LogP) is 1.43. The van der Waals surface area contributed by atoms with Crippen molar-refractivity contribution in [3.8, 4) is 0 Å². The number of hydrogen-bond acceptors (Lipinski definition) is 3. The Bertz CT molecular complexity index is 449. The Morgan fingerprint density at radius 3 is 2.50 bits per heavy atom. The second kappa shape index (κ2) is 3.87. The third-order valence-electron chi connectivity index (χ3n) is 1.39. The highest BCUT2D eigenvalue weighted by atomic mass is 79.9. The van der Waals surface area contributed by atoms with Crippen LogP contribution in [0.2, 0.25) is 0 Å². The second-order valence-electron chi connectivity index (χ2n) is 2.40. The highest BCUT2D eigenvalue weighted by Crippen LogP contribution is 2.24. The van der Waals surface area contributed by atoms with Crippen molar-refractivity contribution in [1.29, 1.82) is 0 Å². The van der Waals surface area contributed by atoms with Crippen molar-refractivity contribution in [1.82, 2.24) is 4.98 Å². The van der Waals surface area contributed by atoms with Gasteiger partial charge in [0.25, 0.3) is 6.43 Å². The average Bonchev–Trinajstić information content (AvgIpc) is 2.02. The molecule has 2 N–H and O–H groups in total. The van der Waals surface area contributed by atoms with Crippen LogP contribution < -0.4 is 5.14 Å². The normalized spacial score (nSPS) is 12.1. The number of primary sulfonamides is 1. The lowest BCUT2D eigenvalue weighted by Crippen LogP contribution is -2.13. The fraction of sp³-hybridized carbons (Fsp3) is 0.167. The van der Waals surface area contributed by atoms with Crippen molar-refractivity contribution in [2.75, 3.05) is 0 Å². The summed E-state index contributed by atoms with van der Waals surface area (Å²) < 4.78 is 46.1. The Morgan fingerprint density at radius 2 is 2.07 bits per heavy atom. The van der Waals surface area contributed by atoms with E-state index in [1.54, 1.807) is 0 Å². The Labute approximate surface area is 87.3 Å². The largest absolute Gasteiger partial charge is 0.265 e. The lowest BCUT2D eigenvalue weighted by molar-refractivity contribution is 0.150. The number of nitrogens with two attached hydrogens (primary N) is 1. The van der Waals surface area contributed by atoms with Crippen molar-refractivity contribution in [3.63, 3.8) is 0 Å². The van der Waals surface area contributed by atoms with Crippen LogP contribution >= 0.6 is 15.9 Å². The maximum absolute atomic E-state index is 12.2. The smallest absolute Gasteiger partial charge is 0.247 e. The summed E-state index contributed by atoms with van der Waals surface area (Å²) in [4.78, 5) is 3.00. The highest BCUT2D eigenvalue weighted by Gasteiger charge is 2.17. The molecule has 0 saturated heterocycles. The molecule has 8 heteroatoms. The Hall–Kier alpha value is -0.600. The molecular formula is C6H5BrF2N2O2S. The van der Waals surface area contributed by atoms with Crippen LogP contribution in [0.25, 0.3) is 0 Å². The van der Waals surface area contributed by atoms with E-state index in [0.29, 0.717) is 0 Å². The van der Waals surface area contributed by atoms with Gasteiger partial charge in [-0.1, -0.05) is 0 Å². The topological polar surface area (TPSA) is 73.1 Å². The molecule has 0 aromatic carbocycles. The van der Waals surface area contributed by atoms with Gasteiger partial charge in [-0.05, 0) is 22.0 Å². The van der Waals surface area contributed by atoms with Gasteiger partial charge in [-0.3, -0.25) is 0 Å². The zero-order valence-corrected chi connectivity index (χ0v) is 9.02. The fourth-order valence-electron chi connectivity index (χ4n) is 0.762. The number of hydrogen-bond donors (Lipinski definition) is 1. The quantitative estimate of drug-likeness (QED) is 0.836. The standard InChI is InChI=1S/C6H5BrF2N2O2S/c7-5-4(14(10,12)13)1-3(2-11-5)6(8)9/h1-2,6H,(H2,10,12,13). The van der Waals surface area contributed by atoms with Gasteiger partial charge in [-0.2, -0.15) is 0 Å². The molecule has 0 radical (unpaired) electrons. The third-order valence-corrected chi connectivity index (χ3v) is 3.21. The summed E-state index contributed by atoms with van der Waals surface area (Å²) in [7, 11) is -4.03. The molecule has 0 unspecified atom stereocenters. The molecule has 1 aromatic heterocycles. The first-order valence-electron chi connectivity index (χ1n) is 3.29. The van der Waals surface area contributed by atoms with Crippen molar-refractivity contribution < 1.29 is 17.2 Å². The number of pyridine rings is 1. The van der Waals surface area contributed by atoms with Gasteiger partial charge in [0, 0.05) is 11.8 Å². The van der Waals surface area contributed by atoms with E-state index in [4.69, 9.17) is 5.14 Å². The van der Waals surface area contributed by atoms with E-state index in [2.05, 4.69) is 20.9 Å². The van der Waals surface area contributed by atoms with E-state index in [1.165, 1.54) is 0 Å². The first kappa shape index (κ1) is 11.5. The summed E-state index contributed by atoms with van der Waals surface area (Å²) in [5, 5.41) is 4.78. The van der Waals surface area contributed by atoms with Gasteiger partial charge >= 0.3 is 0 Å². The Balaban J connectivity index is 3.37. The third kappa shape index (κ3) is 2.46. The first-order chi connectivity index (χ1) is 6.32. The minimum absolute atomic E-state index is 0.0793. The summed E-state index contributed by atoms with van der Waals surface area (Å²) in [6.07, 6.45) is -1.90. The van der Waals surface area contributed by atoms with Gasteiger partial charge in [0.2, 0.25) is 10.0 Å². The van der Waals surface area contributed by atoms with Gasteiger partial charge in [0.05, 0.1) is 0 Å². The van der Waals surface area contributed by atoms with Crippen LogP contribution in [0.15, 0.2) is 21.8 Å². The van der Waals surface area contributed by atoms with Crippen LogP contribution in [0.4, 0.5) is 8.78 Å². The number of alkyl halides is 2. The summed E-state index contributed by atoms with van der Waals surface area (Å²) in [5.74, 6) is 0. The Morgan fingerprint density at radius 1 is 1.50 bits per heavy atom. The lowest BCUT2D eigenvalue weighted by Gasteiger charge is -2.03. The van der Waals surface area contributed by atoms with Crippen LogP contribution in [0, 0.1) is 0 Å². The number of rotatable bonds is 2. The lowest BCUT2D eigenvalue weighted by atomic mass is 10.3. The summed E-state index contributed by atoms with van der Waals surface area (Å²) in [6.45, 7) is 0. The molecular weight excluding hydrogens is 282 g/mol. The maximum atomic E-state index is 12.2. The van der Waals surface area contributed by atoms with E-state index >= 15 is 0 Å². The number of sulfonamides is 1. The minimum Gasteiger partial charge on any atom is -0.247 e. The molecule has 0 aliphatic rings. The summed E-state index contributed by atoms with van der Waals surface area (Å²) in [6, 6.07) is 0.789. The van der Waals surface area contributed by atoms with Crippen LogP contribution in [-0.2, 0) is 10.0 Å². The molecule has 0 spiro atoms. The van der Waals surface area contributed by atoms with E-state index in [9.17, 15) is 17.2 Å². The monoisotopic (exact) mass is 286 g/mol. The Kier molecular flexibility index (Phi) is 3.17. The molecule has 0 saturated carbocycles. The fourth-order valence-corrected chi connectivity index (χ4v) is 2.24. The molecule has 1 heterocycles. The molecule has 1 aromatic rings. The minimum atomic E-state index is -4.03. The number of halogens is 3. The van der Waals surface area contributed by atoms with E-state index < -0.39 is 26.9 Å². The molecule has 14 heavy (non-hydrogen) atoms. The van der Waals surface area contributed by atoms with Gasteiger partial charge < -0.3 is 0 Å². The van der Waals surface area contributed by atoms with Gasteiger partial charge in [0.1, 0.15) is 9.50 Å². The molecule has 0 atom stereocenters. The molecule has 4 nitrogen and oxygen atoms in total. The zero-order chi connectivity index (χ0) is 10.9. The number of aromatic nitrogens is 1. The average molecular weight is 287 g/mol. The van der Waals surface area contributed by atoms with Crippen molar-refractivity contribution >= 4 is 26.0 Å². The van der Waals surface area contributed by atoms with Crippen LogP contribution in [-0.4, -0.2) is 13.4 Å². The van der Waals surface area contributed by atoms with Crippen molar-refractivity contribution in [2.24, 2.45) is 5.14 Å². The van der Waals surface area contributed by atoms with Crippen molar-refractivity contribution in [2.45, 2.75) is 11.3 Å². The molecule has 0 fully saturated rings. The molecule has 1 rings (SSSR count). The first-order valence-corrected chi connectivity index (χ1v) is 5.62.